The van der Waals surface area contributed by atoms with Crippen LogP contribution in [0.3, 0.4) is 0 Å². The van der Waals surface area contributed by atoms with Crippen molar-refractivity contribution in [3.8, 4) is 11.8 Å². The lowest BCUT2D eigenvalue weighted by Gasteiger charge is -2.26. The zero-order valence-electron chi connectivity index (χ0n) is 17.0. The first-order valence-electron chi connectivity index (χ1n) is 9.68. The number of nitrogen functional groups attached to an aromatic ring is 2. The first kappa shape index (κ1) is 21.0. The molecule has 0 amide bonds. The van der Waals surface area contributed by atoms with E-state index >= 15 is 0 Å². The fourth-order valence-electron chi connectivity index (χ4n) is 3.39. The van der Waals surface area contributed by atoms with Crippen molar-refractivity contribution < 1.29 is 0 Å². The van der Waals surface area contributed by atoms with Gasteiger partial charge in [-0.2, -0.15) is 15.2 Å². The van der Waals surface area contributed by atoms with E-state index in [1.165, 1.54) is 10.8 Å². The Hall–Kier alpha value is -4.23. The molecule has 0 aliphatic heterocycles. The summed E-state index contributed by atoms with van der Waals surface area (Å²) >= 11 is 6.34. The SMILES string of the molecule is CCCN(c1nc(N)nc(N)c1C#N)c1nc2cccc(Cl)c2c(=O)n1-c1cccnc1. The van der Waals surface area contributed by atoms with Crippen molar-refractivity contribution in [1.29, 1.82) is 5.26 Å². The second-order valence-corrected chi connectivity index (χ2v) is 7.23. The number of halogens is 1. The van der Waals surface area contributed by atoms with E-state index in [9.17, 15) is 10.1 Å². The molecule has 0 aliphatic carbocycles. The molecule has 3 aromatic heterocycles. The molecule has 4 rings (SSSR count). The van der Waals surface area contributed by atoms with Crippen LogP contribution in [0.4, 0.5) is 23.5 Å². The Morgan fingerprint density at radius 1 is 1.19 bits per heavy atom. The van der Waals surface area contributed by atoms with Gasteiger partial charge in [-0.25, -0.2) is 9.55 Å². The summed E-state index contributed by atoms with van der Waals surface area (Å²) in [5, 5.41) is 10.3. The number of nitrogens with zero attached hydrogens (tertiary/aromatic N) is 7. The monoisotopic (exact) mass is 447 g/mol. The van der Waals surface area contributed by atoms with Crippen molar-refractivity contribution in [3.63, 3.8) is 0 Å². The Morgan fingerprint density at radius 2 is 2.00 bits per heavy atom. The third-order valence-electron chi connectivity index (χ3n) is 4.72. The van der Waals surface area contributed by atoms with Crippen molar-refractivity contribution in [2.45, 2.75) is 13.3 Å². The molecule has 10 nitrogen and oxygen atoms in total. The van der Waals surface area contributed by atoms with Crippen LogP contribution in [0.2, 0.25) is 5.02 Å². The highest BCUT2D eigenvalue weighted by molar-refractivity contribution is 6.35. The van der Waals surface area contributed by atoms with Gasteiger partial charge in [0.05, 0.1) is 27.8 Å². The normalized spacial score (nSPS) is 10.8. The molecule has 32 heavy (non-hydrogen) atoms. The van der Waals surface area contributed by atoms with E-state index in [1.807, 2.05) is 13.0 Å². The Morgan fingerprint density at radius 3 is 2.69 bits per heavy atom. The zero-order valence-corrected chi connectivity index (χ0v) is 17.8. The highest BCUT2D eigenvalue weighted by atomic mass is 35.5. The predicted molar refractivity (Wildman–Crippen MR) is 123 cm³/mol. The molecular weight excluding hydrogens is 430 g/mol. The molecule has 1 aromatic carbocycles. The Balaban J connectivity index is 2.13. The van der Waals surface area contributed by atoms with Crippen molar-refractivity contribution in [3.05, 3.63) is 63.7 Å². The van der Waals surface area contributed by atoms with E-state index in [0.717, 1.165) is 0 Å². The quantitative estimate of drug-likeness (QED) is 0.470. The minimum atomic E-state index is -0.391. The van der Waals surface area contributed by atoms with Crippen molar-refractivity contribution >= 4 is 46.0 Å². The van der Waals surface area contributed by atoms with Gasteiger partial charge in [0.15, 0.2) is 5.82 Å². The van der Waals surface area contributed by atoms with Crippen LogP contribution in [0.15, 0.2) is 47.5 Å². The number of nitrogens with two attached hydrogens (primary N) is 2. The summed E-state index contributed by atoms with van der Waals surface area (Å²) in [5.74, 6) is 0.214. The summed E-state index contributed by atoms with van der Waals surface area (Å²) in [6, 6.07) is 10.5. The average Bonchev–Trinajstić information content (AvgIpc) is 2.77. The topological polar surface area (TPSA) is 153 Å². The number of hydrogen-bond donors (Lipinski definition) is 2. The Bertz CT molecular complexity index is 1410. The number of anilines is 4. The van der Waals surface area contributed by atoms with Crippen LogP contribution in [0.5, 0.6) is 0 Å². The van der Waals surface area contributed by atoms with Crippen molar-refractivity contribution in [2.24, 2.45) is 0 Å². The van der Waals surface area contributed by atoms with Gasteiger partial charge < -0.3 is 11.5 Å². The van der Waals surface area contributed by atoms with Gasteiger partial charge in [-0.05, 0) is 30.7 Å². The second-order valence-electron chi connectivity index (χ2n) is 6.83. The van der Waals surface area contributed by atoms with Gasteiger partial charge in [0, 0.05) is 12.7 Å². The maximum absolute atomic E-state index is 13.6. The summed E-state index contributed by atoms with van der Waals surface area (Å²) in [5.41, 5.74) is 12.3. The first-order valence-corrected chi connectivity index (χ1v) is 10.1. The molecule has 4 aromatic rings. The lowest BCUT2D eigenvalue weighted by Crippen LogP contribution is -2.31. The van der Waals surface area contributed by atoms with Gasteiger partial charge in [-0.3, -0.25) is 14.7 Å². The highest BCUT2D eigenvalue weighted by Crippen LogP contribution is 2.31. The molecular formula is C21H18ClN9O. The standard InChI is InChI=1S/C21H18ClN9O/c1-2-9-30(18-13(10-23)17(24)28-20(25)29-18)21-27-15-7-3-6-14(22)16(15)19(32)31(21)12-5-4-8-26-11-12/h3-8,11H,2,9H2,1H3,(H4,24,25,28,29). The minimum Gasteiger partial charge on any atom is -0.382 e. The summed E-state index contributed by atoms with van der Waals surface area (Å²) < 4.78 is 1.38. The number of fused-ring (bicyclic) bond motifs is 1. The summed E-state index contributed by atoms with van der Waals surface area (Å²) in [6.45, 7) is 2.31. The molecule has 4 N–H and O–H groups in total. The van der Waals surface area contributed by atoms with Gasteiger partial charge in [-0.1, -0.05) is 24.6 Å². The van der Waals surface area contributed by atoms with E-state index in [1.54, 1.807) is 41.4 Å². The number of pyridine rings is 1. The van der Waals surface area contributed by atoms with Crippen LogP contribution < -0.4 is 21.9 Å². The molecule has 0 fully saturated rings. The smallest absolute Gasteiger partial charge is 0.268 e. The number of aromatic nitrogens is 5. The van der Waals surface area contributed by atoms with Gasteiger partial charge >= 0.3 is 0 Å². The van der Waals surface area contributed by atoms with Gasteiger partial charge in [0.2, 0.25) is 11.9 Å². The van der Waals surface area contributed by atoms with E-state index in [0.29, 0.717) is 24.2 Å². The molecule has 160 valence electrons. The van der Waals surface area contributed by atoms with Crippen LogP contribution in [-0.4, -0.2) is 31.0 Å². The zero-order chi connectivity index (χ0) is 22.8. The third-order valence-corrected chi connectivity index (χ3v) is 5.04. The highest BCUT2D eigenvalue weighted by Gasteiger charge is 2.25. The number of hydrogen-bond acceptors (Lipinski definition) is 9. The lowest BCUT2D eigenvalue weighted by molar-refractivity contribution is 0.805. The number of nitriles is 1. The fourth-order valence-corrected chi connectivity index (χ4v) is 3.64. The van der Waals surface area contributed by atoms with Crippen LogP contribution in [-0.2, 0) is 0 Å². The molecule has 0 unspecified atom stereocenters. The molecule has 0 bridgehead atoms. The molecule has 3 heterocycles. The summed E-state index contributed by atoms with van der Waals surface area (Å²) in [6.07, 6.45) is 3.78. The van der Waals surface area contributed by atoms with E-state index in [4.69, 9.17) is 28.1 Å². The van der Waals surface area contributed by atoms with E-state index in [2.05, 4.69) is 15.0 Å². The maximum Gasteiger partial charge on any atom is 0.268 e. The molecule has 0 saturated heterocycles. The molecule has 0 spiro atoms. The molecule has 0 radical (unpaired) electrons. The first-order chi connectivity index (χ1) is 15.5. The number of rotatable bonds is 5. The van der Waals surface area contributed by atoms with E-state index < -0.39 is 5.56 Å². The van der Waals surface area contributed by atoms with Crippen LogP contribution in [0.25, 0.3) is 16.6 Å². The molecule has 11 heteroatoms. The minimum absolute atomic E-state index is 0.0332. The van der Waals surface area contributed by atoms with E-state index in [-0.39, 0.29) is 39.5 Å². The maximum atomic E-state index is 13.6. The third kappa shape index (κ3) is 3.55. The van der Waals surface area contributed by atoms with Crippen molar-refractivity contribution in [2.75, 3.05) is 22.9 Å². The van der Waals surface area contributed by atoms with Gasteiger partial charge in [0.25, 0.3) is 5.56 Å². The van der Waals surface area contributed by atoms with Crippen LogP contribution >= 0.6 is 11.6 Å². The predicted octanol–water partition coefficient (Wildman–Crippen LogP) is 2.81. The largest absolute Gasteiger partial charge is 0.382 e. The fraction of sp³-hybridized carbons (Fsp3) is 0.143. The Kier molecular flexibility index (Phi) is 5.57. The summed E-state index contributed by atoms with van der Waals surface area (Å²) in [4.78, 5) is 32.3. The van der Waals surface area contributed by atoms with Gasteiger partial charge in [-0.15, -0.1) is 0 Å². The summed E-state index contributed by atoms with van der Waals surface area (Å²) in [7, 11) is 0. The van der Waals surface area contributed by atoms with Gasteiger partial charge in [0.1, 0.15) is 17.5 Å². The second kappa shape index (κ2) is 8.49. The Labute approximate surface area is 187 Å². The molecule has 0 saturated carbocycles. The average molecular weight is 448 g/mol. The molecule has 0 atom stereocenters. The van der Waals surface area contributed by atoms with Crippen molar-refractivity contribution in [1.82, 2.24) is 24.5 Å². The number of benzene rings is 1. The lowest BCUT2D eigenvalue weighted by atomic mass is 10.2. The molecule has 0 aliphatic rings. The van der Waals surface area contributed by atoms with Crippen LogP contribution in [0, 0.1) is 11.3 Å². The van der Waals surface area contributed by atoms with Crippen LogP contribution in [0.1, 0.15) is 18.9 Å².